The molecule has 1 N–H and O–H groups in total. The van der Waals surface area contributed by atoms with Gasteiger partial charge < -0.3 is 4.98 Å². The Morgan fingerprint density at radius 3 is 2.82 bits per heavy atom. The summed E-state index contributed by atoms with van der Waals surface area (Å²) in [7, 11) is 0. The first kappa shape index (κ1) is 6.47. The molecule has 0 spiro atoms. The van der Waals surface area contributed by atoms with Crippen LogP contribution in [0.2, 0.25) is 0 Å². The summed E-state index contributed by atoms with van der Waals surface area (Å²) in [5, 5.41) is 1.31. The number of rotatable bonds is 0. The molecule has 0 aliphatic rings. The van der Waals surface area contributed by atoms with E-state index in [1.54, 1.807) is 0 Å². The molecule has 0 fully saturated rings. The van der Waals surface area contributed by atoms with Crippen LogP contribution in [0.1, 0.15) is 11.1 Å². The molecule has 1 heteroatoms. The average molecular weight is 144 g/mol. The second kappa shape index (κ2) is 2.12. The first-order chi connectivity index (χ1) is 5.29. The number of aryl methyl sites for hydroxylation is 2. The van der Waals surface area contributed by atoms with E-state index in [0.29, 0.717) is 0 Å². The van der Waals surface area contributed by atoms with E-state index in [1.165, 1.54) is 22.0 Å². The van der Waals surface area contributed by atoms with Gasteiger partial charge >= 0.3 is 0 Å². The van der Waals surface area contributed by atoms with Crippen LogP contribution in [-0.4, -0.2) is 4.98 Å². The van der Waals surface area contributed by atoms with Gasteiger partial charge in [0, 0.05) is 10.9 Å². The molecule has 1 heterocycles. The van der Waals surface area contributed by atoms with Crippen LogP contribution in [0.3, 0.4) is 0 Å². The van der Waals surface area contributed by atoms with Crippen LogP contribution >= 0.6 is 0 Å². The van der Waals surface area contributed by atoms with Crippen molar-refractivity contribution < 1.29 is 0 Å². The van der Waals surface area contributed by atoms with Crippen molar-refractivity contribution in [1.29, 1.82) is 0 Å². The molecule has 0 atom stereocenters. The van der Waals surface area contributed by atoms with E-state index in [-0.39, 0.29) is 0 Å². The Morgan fingerprint density at radius 2 is 2.09 bits per heavy atom. The quantitative estimate of drug-likeness (QED) is 0.585. The number of hydrogen-bond acceptors (Lipinski definition) is 0. The molecule has 0 aliphatic heterocycles. The fourth-order valence-corrected chi connectivity index (χ4v) is 1.49. The Bertz CT molecular complexity index is 385. The van der Waals surface area contributed by atoms with Crippen molar-refractivity contribution in [3.8, 4) is 0 Å². The predicted molar refractivity (Wildman–Crippen MR) is 46.6 cm³/mol. The standard InChI is InChI=1S/C10H10N/c1-7-4-3-5-9-10(7)8(2)6-11-9/h3-5,11H,1-2H3. The summed E-state index contributed by atoms with van der Waals surface area (Å²) < 4.78 is 0. The zero-order chi connectivity index (χ0) is 7.84. The van der Waals surface area contributed by atoms with Gasteiger partial charge in [-0.05, 0) is 31.0 Å². The number of H-pyrrole nitrogens is 1. The van der Waals surface area contributed by atoms with E-state index in [9.17, 15) is 0 Å². The molecular weight excluding hydrogens is 134 g/mol. The van der Waals surface area contributed by atoms with Crippen molar-refractivity contribution in [1.82, 2.24) is 4.98 Å². The summed E-state index contributed by atoms with van der Waals surface area (Å²) in [6, 6.07) is 6.25. The molecule has 1 aromatic carbocycles. The summed E-state index contributed by atoms with van der Waals surface area (Å²) in [4.78, 5) is 3.10. The molecule has 0 aliphatic carbocycles. The highest BCUT2D eigenvalue weighted by atomic mass is 14.7. The molecule has 0 saturated heterocycles. The van der Waals surface area contributed by atoms with Crippen LogP contribution in [0.25, 0.3) is 10.9 Å². The summed E-state index contributed by atoms with van der Waals surface area (Å²) in [5.41, 5.74) is 3.71. The Labute approximate surface area is 66.1 Å². The number of aromatic amines is 1. The predicted octanol–water partition coefficient (Wildman–Crippen LogP) is 2.58. The van der Waals surface area contributed by atoms with Crippen LogP contribution in [0.15, 0.2) is 18.2 Å². The Hall–Kier alpha value is -1.24. The molecule has 0 saturated carbocycles. The lowest BCUT2D eigenvalue weighted by molar-refractivity contribution is 1.40. The fraction of sp³-hybridized carbons (Fsp3) is 0.200. The highest BCUT2D eigenvalue weighted by Crippen LogP contribution is 2.19. The van der Waals surface area contributed by atoms with Crippen LogP contribution in [0, 0.1) is 20.0 Å². The van der Waals surface area contributed by atoms with Crippen molar-refractivity contribution in [2.24, 2.45) is 0 Å². The number of hydrogen-bond donors (Lipinski definition) is 1. The highest BCUT2D eigenvalue weighted by Gasteiger charge is 2.00. The number of fused-ring (bicyclic) bond motifs is 1. The molecule has 0 unspecified atom stereocenters. The van der Waals surface area contributed by atoms with Gasteiger partial charge in [0.1, 0.15) is 0 Å². The molecule has 1 radical (unpaired) electrons. The molecule has 2 aromatic rings. The van der Waals surface area contributed by atoms with Crippen LogP contribution in [0.4, 0.5) is 0 Å². The molecule has 55 valence electrons. The maximum Gasteiger partial charge on any atom is 0.0663 e. The summed E-state index contributed by atoms with van der Waals surface area (Å²) in [5.74, 6) is 0. The lowest BCUT2D eigenvalue weighted by atomic mass is 10.1. The van der Waals surface area contributed by atoms with Gasteiger partial charge in [-0.2, -0.15) is 0 Å². The number of aromatic nitrogens is 1. The lowest BCUT2D eigenvalue weighted by Crippen LogP contribution is -1.74. The van der Waals surface area contributed by atoms with Crippen LogP contribution < -0.4 is 0 Å². The minimum atomic E-state index is 1.18. The van der Waals surface area contributed by atoms with E-state index in [0.717, 1.165) is 0 Å². The first-order valence-corrected chi connectivity index (χ1v) is 3.74. The number of benzene rings is 1. The third-order valence-corrected chi connectivity index (χ3v) is 2.03. The van der Waals surface area contributed by atoms with Crippen molar-refractivity contribution in [2.75, 3.05) is 0 Å². The highest BCUT2D eigenvalue weighted by molar-refractivity contribution is 5.85. The van der Waals surface area contributed by atoms with Gasteiger partial charge in [-0.15, -0.1) is 0 Å². The Morgan fingerprint density at radius 1 is 1.27 bits per heavy atom. The van der Waals surface area contributed by atoms with E-state index in [4.69, 9.17) is 0 Å². The van der Waals surface area contributed by atoms with Gasteiger partial charge in [-0.1, -0.05) is 12.1 Å². The van der Waals surface area contributed by atoms with Gasteiger partial charge in [-0.25, -0.2) is 0 Å². The average Bonchev–Trinajstić information content (AvgIpc) is 2.34. The van der Waals surface area contributed by atoms with E-state index >= 15 is 0 Å². The van der Waals surface area contributed by atoms with Gasteiger partial charge in [0.15, 0.2) is 0 Å². The van der Waals surface area contributed by atoms with Gasteiger partial charge in [-0.3, -0.25) is 0 Å². The zero-order valence-electron chi connectivity index (χ0n) is 6.73. The van der Waals surface area contributed by atoms with E-state index < -0.39 is 0 Å². The monoisotopic (exact) mass is 144 g/mol. The maximum absolute atomic E-state index is 3.10. The third kappa shape index (κ3) is 0.845. The Kier molecular flexibility index (Phi) is 1.25. The van der Waals surface area contributed by atoms with Gasteiger partial charge in [0.25, 0.3) is 0 Å². The minimum absolute atomic E-state index is 1.18. The van der Waals surface area contributed by atoms with E-state index in [2.05, 4.69) is 43.2 Å². The molecular formula is C10H10N. The van der Waals surface area contributed by atoms with Gasteiger partial charge in [0.2, 0.25) is 0 Å². The number of nitrogens with one attached hydrogen (secondary N) is 1. The lowest BCUT2D eigenvalue weighted by Gasteiger charge is -1.95. The maximum atomic E-state index is 3.10. The summed E-state index contributed by atoms with van der Waals surface area (Å²) in [6.07, 6.45) is 3.09. The molecule has 1 nitrogen and oxygen atoms in total. The fourth-order valence-electron chi connectivity index (χ4n) is 1.49. The SMILES string of the molecule is Cc1[c][nH]c2cccc(C)c12. The first-order valence-electron chi connectivity index (χ1n) is 3.74. The van der Waals surface area contributed by atoms with Crippen molar-refractivity contribution in [2.45, 2.75) is 13.8 Å². The summed E-state index contributed by atoms with van der Waals surface area (Å²) >= 11 is 0. The minimum Gasteiger partial charge on any atom is -0.353 e. The largest absolute Gasteiger partial charge is 0.353 e. The normalized spacial score (nSPS) is 10.7. The van der Waals surface area contributed by atoms with Crippen molar-refractivity contribution in [3.05, 3.63) is 35.5 Å². The smallest absolute Gasteiger partial charge is 0.0663 e. The molecule has 11 heavy (non-hydrogen) atoms. The molecule has 1 aromatic heterocycles. The van der Waals surface area contributed by atoms with Crippen molar-refractivity contribution in [3.63, 3.8) is 0 Å². The van der Waals surface area contributed by atoms with Gasteiger partial charge in [0.05, 0.1) is 6.20 Å². The molecule has 0 amide bonds. The summed E-state index contributed by atoms with van der Waals surface area (Å²) in [6.45, 7) is 4.20. The van der Waals surface area contributed by atoms with E-state index in [1.807, 2.05) is 0 Å². The molecule has 0 bridgehead atoms. The van der Waals surface area contributed by atoms with Crippen LogP contribution in [-0.2, 0) is 0 Å². The van der Waals surface area contributed by atoms with Crippen molar-refractivity contribution >= 4 is 10.9 Å². The Balaban J connectivity index is 2.96. The second-order valence-corrected chi connectivity index (χ2v) is 2.87. The zero-order valence-corrected chi connectivity index (χ0v) is 6.73. The second-order valence-electron chi connectivity index (χ2n) is 2.87. The third-order valence-electron chi connectivity index (χ3n) is 2.03. The topological polar surface area (TPSA) is 15.8 Å². The molecule has 2 rings (SSSR count). The van der Waals surface area contributed by atoms with Crippen LogP contribution in [0.5, 0.6) is 0 Å².